The molecule has 0 spiro atoms. The van der Waals surface area contributed by atoms with E-state index in [0.717, 1.165) is 11.3 Å². The molecule has 8 heteroatoms. The second kappa shape index (κ2) is 9.32. The van der Waals surface area contributed by atoms with Crippen molar-refractivity contribution in [1.82, 2.24) is 14.8 Å². The third-order valence-electron chi connectivity index (χ3n) is 4.53. The summed E-state index contributed by atoms with van der Waals surface area (Å²) in [6.07, 6.45) is 0. The van der Waals surface area contributed by atoms with Crippen molar-refractivity contribution in [3.05, 3.63) is 89.7 Å². The number of rotatable bonds is 6. The lowest BCUT2D eigenvalue weighted by molar-refractivity contribution is -0.115. The molecule has 0 aliphatic rings. The summed E-state index contributed by atoms with van der Waals surface area (Å²) in [5.41, 5.74) is 1.85. The lowest BCUT2D eigenvalue weighted by Gasteiger charge is -2.14. The predicted octanol–water partition coefficient (Wildman–Crippen LogP) is 5.85. The normalized spacial score (nSPS) is 11.8. The fourth-order valence-corrected chi connectivity index (χ4v) is 3.94. The van der Waals surface area contributed by atoms with Crippen LogP contribution in [-0.4, -0.2) is 25.9 Å². The zero-order valence-electron chi connectivity index (χ0n) is 16.5. The van der Waals surface area contributed by atoms with Crippen LogP contribution in [0.15, 0.2) is 84.0 Å². The maximum atomic E-state index is 13.9. The van der Waals surface area contributed by atoms with Gasteiger partial charge in [-0.3, -0.25) is 9.36 Å². The lowest BCUT2D eigenvalue weighted by Crippen LogP contribution is -2.23. The van der Waals surface area contributed by atoms with Gasteiger partial charge in [0.2, 0.25) is 5.91 Å². The van der Waals surface area contributed by atoms with Crippen molar-refractivity contribution in [3.8, 4) is 17.1 Å². The summed E-state index contributed by atoms with van der Waals surface area (Å²) in [5.74, 6) is -0.177. The molecule has 0 radical (unpaired) electrons. The maximum absolute atomic E-state index is 13.9. The van der Waals surface area contributed by atoms with E-state index in [-0.39, 0.29) is 11.6 Å². The number of thioether (sulfide) groups is 1. The van der Waals surface area contributed by atoms with E-state index in [0.29, 0.717) is 16.0 Å². The minimum Gasteiger partial charge on any atom is -0.323 e. The zero-order chi connectivity index (χ0) is 21.8. The molecular weight excluding hydrogens is 435 g/mol. The topological polar surface area (TPSA) is 59.8 Å². The number of anilines is 1. The minimum atomic E-state index is -0.538. The Labute approximate surface area is 188 Å². The van der Waals surface area contributed by atoms with Crippen molar-refractivity contribution in [2.75, 3.05) is 5.32 Å². The average Bonchev–Trinajstić information content (AvgIpc) is 3.19. The second-order valence-corrected chi connectivity index (χ2v) is 8.46. The van der Waals surface area contributed by atoms with Crippen molar-refractivity contribution in [2.45, 2.75) is 17.3 Å². The SMILES string of the molecule is CC(Sc1nnc(-c2ccc(Cl)cc2)n1-c1ccccc1)C(=O)Nc1ccccc1F. The molecule has 3 aromatic carbocycles. The van der Waals surface area contributed by atoms with Crippen molar-refractivity contribution in [1.29, 1.82) is 0 Å². The van der Waals surface area contributed by atoms with Crippen molar-refractivity contribution in [3.63, 3.8) is 0 Å². The number of halogens is 2. The van der Waals surface area contributed by atoms with Crippen LogP contribution in [-0.2, 0) is 4.79 Å². The van der Waals surface area contributed by atoms with Crippen LogP contribution in [0.5, 0.6) is 0 Å². The largest absolute Gasteiger partial charge is 0.323 e. The Morgan fingerprint density at radius 3 is 2.39 bits per heavy atom. The van der Waals surface area contributed by atoms with Crippen LogP contribution in [0, 0.1) is 5.82 Å². The molecule has 1 N–H and O–H groups in total. The van der Waals surface area contributed by atoms with E-state index in [4.69, 9.17) is 11.6 Å². The minimum absolute atomic E-state index is 0.145. The molecular formula is C23H18ClFN4OS. The van der Waals surface area contributed by atoms with Gasteiger partial charge in [-0.15, -0.1) is 10.2 Å². The average molecular weight is 453 g/mol. The molecule has 0 bridgehead atoms. The molecule has 0 aliphatic carbocycles. The smallest absolute Gasteiger partial charge is 0.237 e. The Bertz CT molecular complexity index is 1200. The molecule has 0 aliphatic heterocycles. The zero-order valence-corrected chi connectivity index (χ0v) is 18.1. The van der Waals surface area contributed by atoms with Crippen LogP contribution >= 0.6 is 23.4 Å². The third-order valence-corrected chi connectivity index (χ3v) is 5.83. The Kier molecular flexibility index (Phi) is 6.34. The Morgan fingerprint density at radius 1 is 1.00 bits per heavy atom. The molecule has 4 aromatic rings. The first kappa shape index (κ1) is 21.1. The van der Waals surface area contributed by atoms with E-state index in [1.54, 1.807) is 31.2 Å². The maximum Gasteiger partial charge on any atom is 0.237 e. The summed E-state index contributed by atoms with van der Waals surface area (Å²) < 4.78 is 15.8. The number of para-hydroxylation sites is 2. The highest BCUT2D eigenvalue weighted by Gasteiger charge is 2.22. The predicted molar refractivity (Wildman–Crippen MR) is 122 cm³/mol. The molecule has 31 heavy (non-hydrogen) atoms. The molecule has 4 rings (SSSR count). The Hall–Kier alpha value is -3.16. The van der Waals surface area contributed by atoms with E-state index in [9.17, 15) is 9.18 Å². The van der Waals surface area contributed by atoms with Crippen molar-refractivity contribution in [2.24, 2.45) is 0 Å². The van der Waals surface area contributed by atoms with Gasteiger partial charge in [0.25, 0.3) is 0 Å². The highest BCUT2D eigenvalue weighted by atomic mass is 35.5. The summed E-state index contributed by atoms with van der Waals surface area (Å²) in [4.78, 5) is 12.7. The molecule has 5 nitrogen and oxygen atoms in total. The molecule has 1 atom stereocenters. The summed E-state index contributed by atoms with van der Waals surface area (Å²) >= 11 is 7.27. The van der Waals surface area contributed by atoms with Gasteiger partial charge in [-0.25, -0.2) is 4.39 Å². The fraction of sp³-hybridized carbons (Fsp3) is 0.0870. The quantitative estimate of drug-likeness (QED) is 0.373. The Balaban J connectivity index is 1.64. The second-order valence-electron chi connectivity index (χ2n) is 6.71. The van der Waals surface area contributed by atoms with E-state index in [1.807, 2.05) is 47.0 Å². The van der Waals surface area contributed by atoms with Crippen LogP contribution in [0.3, 0.4) is 0 Å². The first-order valence-corrected chi connectivity index (χ1v) is 10.8. The van der Waals surface area contributed by atoms with Gasteiger partial charge in [-0.2, -0.15) is 0 Å². The van der Waals surface area contributed by atoms with Gasteiger partial charge < -0.3 is 5.32 Å². The summed E-state index contributed by atoms with van der Waals surface area (Å²) in [6.45, 7) is 1.74. The van der Waals surface area contributed by atoms with Crippen LogP contribution in [0.25, 0.3) is 17.1 Å². The van der Waals surface area contributed by atoms with Gasteiger partial charge >= 0.3 is 0 Å². The summed E-state index contributed by atoms with van der Waals surface area (Å²) in [7, 11) is 0. The lowest BCUT2D eigenvalue weighted by atomic mass is 10.2. The molecule has 0 saturated heterocycles. The van der Waals surface area contributed by atoms with Crippen LogP contribution in [0.1, 0.15) is 6.92 Å². The molecule has 1 heterocycles. The monoisotopic (exact) mass is 452 g/mol. The van der Waals surface area contributed by atoms with Crippen LogP contribution in [0.2, 0.25) is 5.02 Å². The first-order chi connectivity index (χ1) is 15.0. The molecule has 0 fully saturated rings. The molecule has 156 valence electrons. The highest BCUT2D eigenvalue weighted by Crippen LogP contribution is 2.31. The van der Waals surface area contributed by atoms with Crippen LogP contribution in [0.4, 0.5) is 10.1 Å². The number of benzene rings is 3. The molecule has 1 unspecified atom stereocenters. The van der Waals surface area contributed by atoms with E-state index >= 15 is 0 Å². The number of hydrogen-bond acceptors (Lipinski definition) is 4. The fourth-order valence-electron chi connectivity index (χ4n) is 2.95. The van der Waals surface area contributed by atoms with Gasteiger partial charge in [-0.05, 0) is 55.5 Å². The Morgan fingerprint density at radius 2 is 1.68 bits per heavy atom. The van der Waals surface area contributed by atoms with Crippen molar-refractivity contribution >= 4 is 35.0 Å². The van der Waals surface area contributed by atoms with Gasteiger partial charge in [0.1, 0.15) is 5.82 Å². The van der Waals surface area contributed by atoms with Crippen LogP contribution < -0.4 is 5.32 Å². The number of hydrogen-bond donors (Lipinski definition) is 1. The van der Waals surface area contributed by atoms with Gasteiger partial charge in [0.05, 0.1) is 10.9 Å². The standard InChI is InChI=1S/C23H18ClFN4OS/c1-15(22(30)26-20-10-6-5-9-19(20)25)31-23-28-27-21(16-11-13-17(24)14-12-16)29(23)18-7-3-2-4-8-18/h2-15H,1H3,(H,26,30). The number of aromatic nitrogens is 3. The highest BCUT2D eigenvalue weighted by molar-refractivity contribution is 8.00. The summed E-state index contributed by atoms with van der Waals surface area (Å²) in [6, 6.07) is 23.0. The number of carbonyl (C=O) groups is 1. The number of nitrogens with zero attached hydrogens (tertiary/aromatic N) is 3. The number of carbonyl (C=O) groups excluding carboxylic acids is 1. The molecule has 0 saturated carbocycles. The first-order valence-electron chi connectivity index (χ1n) is 9.52. The molecule has 1 amide bonds. The van der Waals surface area contributed by atoms with Gasteiger partial charge in [0, 0.05) is 16.3 Å². The van der Waals surface area contributed by atoms with E-state index in [2.05, 4.69) is 15.5 Å². The van der Waals surface area contributed by atoms with Crippen molar-refractivity contribution < 1.29 is 9.18 Å². The third kappa shape index (κ3) is 4.78. The summed E-state index contributed by atoms with van der Waals surface area (Å²) in [5, 5.41) is 12.0. The van der Waals surface area contributed by atoms with Gasteiger partial charge in [-0.1, -0.05) is 53.7 Å². The number of nitrogens with one attached hydrogen (secondary N) is 1. The van der Waals surface area contributed by atoms with Gasteiger partial charge in [0.15, 0.2) is 11.0 Å². The van der Waals surface area contributed by atoms with E-state index < -0.39 is 11.1 Å². The number of amides is 1. The molecule has 1 aromatic heterocycles. The van der Waals surface area contributed by atoms with E-state index in [1.165, 1.54) is 23.9 Å².